The standard InChI is InChI=1S/C13H26NSi/c1-10(2)13(8-7-9-14)15(11(3)4)12(5)6/h10-12,15H,7-8H2,1-6H3. The SMILES string of the molecule is CC(C)[C](CCC#N)[SiH](C(C)C)C(C)C. The Balaban J connectivity index is 4.62. The number of rotatable bonds is 6. The highest BCUT2D eigenvalue weighted by atomic mass is 28.3. The van der Waals surface area contributed by atoms with Gasteiger partial charge in [0.05, 0.1) is 6.07 Å². The highest BCUT2D eigenvalue weighted by Crippen LogP contribution is 2.35. The van der Waals surface area contributed by atoms with Crippen LogP contribution in [0.3, 0.4) is 0 Å². The molecule has 0 heterocycles. The van der Waals surface area contributed by atoms with Crippen molar-refractivity contribution in [2.24, 2.45) is 5.92 Å². The Bertz CT molecular complexity index is 195. The minimum Gasteiger partial charge on any atom is -0.198 e. The normalized spacial score (nSPS) is 12.1. The van der Waals surface area contributed by atoms with Crippen LogP contribution in [0.4, 0.5) is 0 Å². The van der Waals surface area contributed by atoms with Gasteiger partial charge in [-0.2, -0.15) is 5.26 Å². The summed E-state index contributed by atoms with van der Waals surface area (Å²) < 4.78 is 0. The van der Waals surface area contributed by atoms with Gasteiger partial charge in [-0.05, 0) is 17.9 Å². The Morgan fingerprint density at radius 1 is 1.07 bits per heavy atom. The lowest BCUT2D eigenvalue weighted by Crippen LogP contribution is -2.33. The van der Waals surface area contributed by atoms with Crippen LogP contribution in [0.5, 0.6) is 0 Å². The molecule has 0 fully saturated rings. The zero-order valence-corrected chi connectivity index (χ0v) is 12.3. The lowest BCUT2D eigenvalue weighted by Gasteiger charge is -2.34. The molecule has 0 aromatic heterocycles. The Morgan fingerprint density at radius 2 is 1.53 bits per heavy atom. The Labute approximate surface area is 97.5 Å². The second-order valence-corrected chi connectivity index (χ2v) is 9.86. The molecular weight excluding hydrogens is 198 g/mol. The number of hydrogen-bond donors (Lipinski definition) is 0. The van der Waals surface area contributed by atoms with Gasteiger partial charge in [0.1, 0.15) is 0 Å². The molecule has 0 N–H and O–H groups in total. The minimum absolute atomic E-state index is 0.666. The first kappa shape index (κ1) is 14.7. The van der Waals surface area contributed by atoms with Crippen LogP contribution >= 0.6 is 0 Å². The van der Waals surface area contributed by atoms with Gasteiger partial charge < -0.3 is 0 Å². The predicted octanol–water partition coefficient (Wildman–Crippen LogP) is 4.11. The summed E-state index contributed by atoms with van der Waals surface area (Å²) in [5.74, 6) is 0.666. The topological polar surface area (TPSA) is 23.8 Å². The average molecular weight is 224 g/mol. The Hall–Kier alpha value is -0.293. The van der Waals surface area contributed by atoms with E-state index in [1.165, 1.54) is 0 Å². The van der Waals surface area contributed by atoms with Crippen molar-refractivity contribution in [3.8, 4) is 6.07 Å². The third-order valence-electron chi connectivity index (χ3n) is 3.13. The Kier molecular flexibility index (Phi) is 6.92. The molecule has 15 heavy (non-hydrogen) atoms. The highest BCUT2D eigenvalue weighted by Gasteiger charge is 2.30. The minimum atomic E-state index is -0.819. The molecule has 0 spiro atoms. The molecule has 0 saturated carbocycles. The van der Waals surface area contributed by atoms with E-state index >= 15 is 0 Å². The maximum absolute atomic E-state index is 8.71. The molecule has 1 radical (unpaired) electrons. The fourth-order valence-electron chi connectivity index (χ4n) is 2.67. The van der Waals surface area contributed by atoms with E-state index in [0.717, 1.165) is 17.5 Å². The molecule has 0 aliphatic heterocycles. The van der Waals surface area contributed by atoms with E-state index in [9.17, 15) is 0 Å². The lowest BCUT2D eigenvalue weighted by molar-refractivity contribution is 0.651. The smallest absolute Gasteiger partial charge is 0.0621 e. The van der Waals surface area contributed by atoms with E-state index in [0.29, 0.717) is 12.3 Å². The maximum Gasteiger partial charge on any atom is 0.0621 e. The molecule has 0 amide bonds. The van der Waals surface area contributed by atoms with Crippen LogP contribution in [0.15, 0.2) is 0 Å². The molecule has 0 bridgehead atoms. The van der Waals surface area contributed by atoms with Crippen LogP contribution in [-0.2, 0) is 0 Å². The molecule has 0 saturated heterocycles. The molecule has 0 aromatic carbocycles. The van der Waals surface area contributed by atoms with Crippen LogP contribution in [0, 0.1) is 22.8 Å². The molecule has 0 aromatic rings. The van der Waals surface area contributed by atoms with Crippen LogP contribution in [0.2, 0.25) is 11.1 Å². The molecular formula is C13H26NSi. The van der Waals surface area contributed by atoms with Gasteiger partial charge in [-0.1, -0.05) is 52.6 Å². The third kappa shape index (κ3) is 4.84. The van der Waals surface area contributed by atoms with Gasteiger partial charge in [-0.25, -0.2) is 0 Å². The zero-order chi connectivity index (χ0) is 12.0. The van der Waals surface area contributed by atoms with Crippen molar-refractivity contribution >= 4 is 8.80 Å². The number of hydrogen-bond acceptors (Lipinski definition) is 1. The van der Waals surface area contributed by atoms with Gasteiger partial charge in [-0.3, -0.25) is 0 Å². The monoisotopic (exact) mass is 224 g/mol. The van der Waals surface area contributed by atoms with Crippen molar-refractivity contribution in [3.63, 3.8) is 0 Å². The first-order chi connectivity index (χ1) is 6.91. The van der Waals surface area contributed by atoms with E-state index in [1.807, 2.05) is 0 Å². The summed E-state index contributed by atoms with van der Waals surface area (Å²) in [5, 5.41) is 8.71. The van der Waals surface area contributed by atoms with E-state index in [1.54, 1.807) is 5.54 Å². The van der Waals surface area contributed by atoms with Crippen LogP contribution in [0.25, 0.3) is 0 Å². The van der Waals surface area contributed by atoms with Gasteiger partial charge in [0.25, 0.3) is 0 Å². The average Bonchev–Trinajstić information content (AvgIpc) is 2.09. The van der Waals surface area contributed by atoms with Crippen molar-refractivity contribution in [1.82, 2.24) is 0 Å². The van der Waals surface area contributed by atoms with E-state index < -0.39 is 8.80 Å². The van der Waals surface area contributed by atoms with Crippen molar-refractivity contribution in [2.75, 3.05) is 0 Å². The third-order valence-corrected chi connectivity index (χ3v) is 7.82. The van der Waals surface area contributed by atoms with Gasteiger partial charge in [0, 0.05) is 15.2 Å². The fraction of sp³-hybridized carbons (Fsp3) is 0.846. The maximum atomic E-state index is 8.71. The Morgan fingerprint density at radius 3 is 1.80 bits per heavy atom. The van der Waals surface area contributed by atoms with E-state index in [2.05, 4.69) is 47.6 Å². The number of nitriles is 1. The summed E-state index contributed by atoms with van der Waals surface area (Å²) in [6.45, 7) is 14.0. The van der Waals surface area contributed by atoms with Crippen LogP contribution in [0.1, 0.15) is 54.4 Å². The van der Waals surface area contributed by atoms with Gasteiger partial charge in [0.15, 0.2) is 0 Å². The largest absolute Gasteiger partial charge is 0.198 e. The second-order valence-electron chi connectivity index (χ2n) is 5.40. The molecule has 1 nitrogen and oxygen atoms in total. The first-order valence-electron chi connectivity index (χ1n) is 6.14. The summed E-state index contributed by atoms with van der Waals surface area (Å²) in [7, 11) is -0.819. The summed E-state index contributed by atoms with van der Waals surface area (Å²) in [5.41, 5.74) is 3.36. The quantitative estimate of drug-likeness (QED) is 0.623. The van der Waals surface area contributed by atoms with Crippen molar-refractivity contribution in [2.45, 2.75) is 65.5 Å². The van der Waals surface area contributed by atoms with Gasteiger partial charge >= 0.3 is 0 Å². The number of nitrogens with zero attached hydrogens (tertiary/aromatic N) is 1. The van der Waals surface area contributed by atoms with Gasteiger partial charge in [0.2, 0.25) is 0 Å². The van der Waals surface area contributed by atoms with Crippen molar-refractivity contribution in [3.05, 3.63) is 5.54 Å². The molecule has 0 aliphatic rings. The molecule has 87 valence electrons. The zero-order valence-electron chi connectivity index (χ0n) is 11.2. The summed E-state index contributed by atoms with van der Waals surface area (Å²) >= 11 is 0. The predicted molar refractivity (Wildman–Crippen MR) is 70.3 cm³/mol. The molecule has 0 aliphatic carbocycles. The van der Waals surface area contributed by atoms with E-state index in [4.69, 9.17) is 5.26 Å². The first-order valence-corrected chi connectivity index (χ1v) is 8.05. The molecule has 0 rings (SSSR count). The molecule has 0 unspecified atom stereocenters. The van der Waals surface area contributed by atoms with Crippen LogP contribution < -0.4 is 0 Å². The van der Waals surface area contributed by atoms with Gasteiger partial charge in [-0.15, -0.1) is 0 Å². The van der Waals surface area contributed by atoms with Crippen molar-refractivity contribution < 1.29 is 0 Å². The summed E-state index contributed by atoms with van der Waals surface area (Å²) in [4.78, 5) is 0. The lowest BCUT2D eigenvalue weighted by atomic mass is 10.1. The van der Waals surface area contributed by atoms with Crippen LogP contribution in [-0.4, -0.2) is 8.80 Å². The second kappa shape index (κ2) is 7.06. The summed E-state index contributed by atoms with van der Waals surface area (Å²) in [6, 6.07) is 2.29. The summed E-state index contributed by atoms with van der Waals surface area (Å²) in [6.07, 6.45) is 1.75. The van der Waals surface area contributed by atoms with E-state index in [-0.39, 0.29) is 0 Å². The van der Waals surface area contributed by atoms with Crippen molar-refractivity contribution in [1.29, 1.82) is 5.26 Å². The fourth-order valence-corrected chi connectivity index (χ4v) is 7.17. The highest BCUT2D eigenvalue weighted by molar-refractivity contribution is 6.67. The molecule has 0 atom stereocenters. The molecule has 2 heteroatoms.